The molecule has 0 radical (unpaired) electrons. The van der Waals surface area contributed by atoms with E-state index in [2.05, 4.69) is 31.7 Å². The Kier molecular flexibility index (Phi) is 8.82. The van der Waals surface area contributed by atoms with E-state index in [4.69, 9.17) is 0 Å². The maximum absolute atomic E-state index is 2.64. The van der Waals surface area contributed by atoms with Crippen LogP contribution >= 0.6 is 11.8 Å². The first kappa shape index (κ1) is 14.7. The third-order valence-electron chi connectivity index (χ3n) is 3.05. The molecular formula is C14H26SSe. The molecule has 16 heavy (non-hydrogen) atoms. The normalized spacial score (nSPS) is 19.0. The molecule has 0 saturated heterocycles. The van der Waals surface area contributed by atoms with Gasteiger partial charge in [-0.25, -0.2) is 0 Å². The molecule has 0 aromatic heterocycles. The first-order valence-corrected chi connectivity index (χ1v) is 9.89. The molecule has 0 unspecified atom stereocenters. The summed E-state index contributed by atoms with van der Waals surface area (Å²) in [4.78, 5) is 0. The second kappa shape index (κ2) is 9.62. The van der Waals surface area contributed by atoms with Crippen LogP contribution in [0.5, 0.6) is 0 Å². The van der Waals surface area contributed by atoms with Gasteiger partial charge in [-0.05, 0) is 0 Å². The van der Waals surface area contributed by atoms with Gasteiger partial charge in [0.05, 0.1) is 0 Å². The summed E-state index contributed by atoms with van der Waals surface area (Å²) in [7, 11) is 0. The molecule has 0 aliphatic heterocycles. The zero-order valence-corrected chi connectivity index (χ0v) is 13.4. The molecule has 94 valence electrons. The summed E-state index contributed by atoms with van der Waals surface area (Å²) < 4.78 is 1.75. The van der Waals surface area contributed by atoms with Crippen LogP contribution < -0.4 is 0 Å². The van der Waals surface area contributed by atoms with E-state index >= 15 is 0 Å². The van der Waals surface area contributed by atoms with Crippen molar-refractivity contribution < 1.29 is 0 Å². The number of rotatable bonds is 7. The summed E-state index contributed by atoms with van der Waals surface area (Å²) in [5.74, 6) is 2.27. The van der Waals surface area contributed by atoms with Crippen LogP contribution in [-0.4, -0.2) is 20.7 Å². The van der Waals surface area contributed by atoms with Crippen molar-refractivity contribution in [1.29, 1.82) is 0 Å². The Balaban J connectivity index is 2.36. The van der Waals surface area contributed by atoms with Crippen molar-refractivity contribution in [3.05, 3.63) is 9.88 Å². The van der Waals surface area contributed by atoms with Crippen molar-refractivity contribution in [2.45, 2.75) is 64.1 Å². The molecule has 1 aliphatic rings. The molecule has 1 aliphatic carbocycles. The first-order valence-electron chi connectivity index (χ1n) is 6.84. The molecule has 1 rings (SSSR count). The third kappa shape index (κ3) is 6.37. The Morgan fingerprint density at radius 2 is 2.00 bits per heavy atom. The van der Waals surface area contributed by atoms with E-state index in [-0.39, 0.29) is 0 Å². The fourth-order valence-corrected chi connectivity index (χ4v) is 5.96. The fourth-order valence-electron chi connectivity index (χ4n) is 2.09. The van der Waals surface area contributed by atoms with Crippen LogP contribution in [-0.2, 0) is 0 Å². The van der Waals surface area contributed by atoms with Crippen LogP contribution in [0.25, 0.3) is 0 Å². The fraction of sp³-hybridized carbons (Fsp3) is 0.857. The van der Waals surface area contributed by atoms with Crippen LogP contribution in [0.1, 0.15) is 58.8 Å². The second-order valence-electron chi connectivity index (χ2n) is 4.52. The zero-order valence-electron chi connectivity index (χ0n) is 10.8. The number of hydrogen-bond donors (Lipinski definition) is 0. The zero-order chi connectivity index (χ0) is 11.6. The average Bonchev–Trinajstić information content (AvgIpc) is 2.31. The summed E-state index contributed by atoms with van der Waals surface area (Å²) >= 11 is 2.91. The van der Waals surface area contributed by atoms with Crippen molar-refractivity contribution >= 4 is 26.7 Å². The van der Waals surface area contributed by atoms with Crippen LogP contribution in [0.2, 0.25) is 5.32 Å². The number of hydrogen-bond acceptors (Lipinski definition) is 1. The summed E-state index contributed by atoms with van der Waals surface area (Å²) in [6, 6.07) is 0. The van der Waals surface area contributed by atoms with Gasteiger partial charge in [-0.15, -0.1) is 0 Å². The molecule has 0 nitrogen and oxygen atoms in total. The van der Waals surface area contributed by atoms with Crippen LogP contribution in [0, 0.1) is 5.92 Å². The van der Waals surface area contributed by atoms with Gasteiger partial charge >= 0.3 is 112 Å². The molecule has 0 N–H and O–H groups in total. The van der Waals surface area contributed by atoms with E-state index in [1.54, 1.807) is 3.80 Å². The maximum atomic E-state index is 2.64. The van der Waals surface area contributed by atoms with Gasteiger partial charge in [0.15, 0.2) is 0 Å². The number of unbranched alkanes of at least 4 members (excludes halogenated alkanes) is 1. The van der Waals surface area contributed by atoms with Crippen molar-refractivity contribution in [3.8, 4) is 0 Å². The summed E-state index contributed by atoms with van der Waals surface area (Å²) in [5, 5.41) is 1.37. The second-order valence-corrected chi connectivity index (χ2v) is 8.98. The standard InChI is InChI=1S/C14H26SSe/c1-3-5-11-15-14(16-4-2)12-13-9-7-6-8-10-13/h12-13H,3-11H2,1-2H3/b14-12-. The van der Waals surface area contributed by atoms with E-state index in [9.17, 15) is 0 Å². The molecule has 2 heteroatoms. The van der Waals surface area contributed by atoms with Gasteiger partial charge in [0.2, 0.25) is 0 Å². The molecule has 0 atom stereocenters. The summed E-state index contributed by atoms with van der Waals surface area (Å²) in [6.07, 6.45) is 12.7. The summed E-state index contributed by atoms with van der Waals surface area (Å²) in [6.45, 7) is 4.62. The van der Waals surface area contributed by atoms with Gasteiger partial charge in [0.25, 0.3) is 0 Å². The summed E-state index contributed by atoms with van der Waals surface area (Å²) in [5.41, 5.74) is 0. The number of allylic oxidation sites excluding steroid dienone is 1. The first-order chi connectivity index (χ1) is 7.86. The molecule has 0 amide bonds. The topological polar surface area (TPSA) is 0 Å². The van der Waals surface area contributed by atoms with Gasteiger partial charge in [0, 0.05) is 0 Å². The van der Waals surface area contributed by atoms with Crippen molar-refractivity contribution in [2.24, 2.45) is 5.92 Å². The van der Waals surface area contributed by atoms with E-state index in [0.29, 0.717) is 0 Å². The van der Waals surface area contributed by atoms with Gasteiger partial charge < -0.3 is 0 Å². The monoisotopic (exact) mass is 306 g/mol. The van der Waals surface area contributed by atoms with Gasteiger partial charge in [-0.2, -0.15) is 0 Å². The molecule has 0 spiro atoms. The minimum absolute atomic E-state index is 0.760. The third-order valence-corrected chi connectivity index (χ3v) is 6.81. The molecule has 0 bridgehead atoms. The van der Waals surface area contributed by atoms with E-state index < -0.39 is 0 Å². The van der Waals surface area contributed by atoms with E-state index in [1.165, 1.54) is 56.0 Å². The van der Waals surface area contributed by atoms with Crippen LogP contribution in [0.15, 0.2) is 9.88 Å². The Labute approximate surface area is 112 Å². The molecular weight excluding hydrogens is 279 g/mol. The van der Waals surface area contributed by atoms with Gasteiger partial charge in [-0.3, -0.25) is 0 Å². The van der Waals surface area contributed by atoms with E-state index in [1.807, 2.05) is 0 Å². The quantitative estimate of drug-likeness (QED) is 0.466. The average molecular weight is 305 g/mol. The molecule has 0 aromatic rings. The molecule has 1 fully saturated rings. The minimum atomic E-state index is 0.760. The van der Waals surface area contributed by atoms with E-state index in [0.717, 1.165) is 20.9 Å². The van der Waals surface area contributed by atoms with Crippen LogP contribution in [0.4, 0.5) is 0 Å². The SMILES string of the molecule is CCCCS/C(=C/C1CCCCC1)[Se]CC. The van der Waals surface area contributed by atoms with Crippen molar-refractivity contribution in [1.82, 2.24) is 0 Å². The van der Waals surface area contributed by atoms with Crippen LogP contribution in [0.3, 0.4) is 0 Å². The number of thioether (sulfide) groups is 1. The molecule has 1 saturated carbocycles. The van der Waals surface area contributed by atoms with Gasteiger partial charge in [0.1, 0.15) is 0 Å². The Hall–Kier alpha value is 0.609. The predicted molar refractivity (Wildman–Crippen MR) is 78.3 cm³/mol. The predicted octanol–water partition coefficient (Wildman–Crippen LogP) is 5.08. The Bertz CT molecular complexity index is 195. The Morgan fingerprint density at radius 1 is 1.25 bits per heavy atom. The van der Waals surface area contributed by atoms with Crippen molar-refractivity contribution in [3.63, 3.8) is 0 Å². The molecule has 0 heterocycles. The van der Waals surface area contributed by atoms with Crippen molar-refractivity contribution in [2.75, 3.05) is 5.75 Å². The van der Waals surface area contributed by atoms with Gasteiger partial charge in [-0.1, -0.05) is 0 Å². The molecule has 0 aromatic carbocycles. The Morgan fingerprint density at radius 3 is 2.62 bits per heavy atom.